The number of aryl methyl sites for hydroxylation is 1. The van der Waals surface area contributed by atoms with Gasteiger partial charge in [0.05, 0.1) is 0 Å². The van der Waals surface area contributed by atoms with Crippen LogP contribution in [0.4, 0.5) is 4.79 Å². The summed E-state index contributed by atoms with van der Waals surface area (Å²) < 4.78 is 18.3. The average Bonchev–Trinajstić information content (AvgIpc) is 2.94. The van der Waals surface area contributed by atoms with Gasteiger partial charge in [-0.15, -0.1) is 0 Å². The summed E-state index contributed by atoms with van der Waals surface area (Å²) in [6.07, 6.45) is 4.32. The van der Waals surface area contributed by atoms with E-state index >= 15 is 0 Å². The molecule has 3 aliphatic heterocycles. The Balaban J connectivity index is 1.35. The number of nitrogens with zero attached hydrogens (tertiary/aromatic N) is 2. The van der Waals surface area contributed by atoms with Crippen molar-refractivity contribution < 1.29 is 28.6 Å². The molecule has 5 fully saturated rings. The van der Waals surface area contributed by atoms with Gasteiger partial charge in [-0.3, -0.25) is 9.69 Å². The molecule has 2 spiro atoms. The molecule has 5 saturated carbocycles. The Morgan fingerprint density at radius 3 is 2.47 bits per heavy atom. The second-order valence-corrected chi connectivity index (χ2v) is 14.5. The van der Waals surface area contributed by atoms with Crippen molar-refractivity contribution in [3.05, 3.63) is 65.2 Å². The Labute approximate surface area is 254 Å². The summed E-state index contributed by atoms with van der Waals surface area (Å²) in [6.45, 7) is 7.61. The van der Waals surface area contributed by atoms with Gasteiger partial charge in [-0.1, -0.05) is 42.5 Å². The molecule has 0 aromatic heterocycles. The molecule has 2 aromatic rings. The monoisotopic (exact) mass is 588 g/mol. The molecule has 1 unspecified atom stereocenters. The average molecular weight is 589 g/mol. The number of benzene rings is 2. The number of amides is 2. The molecule has 8 aliphatic rings. The molecule has 2 aromatic carbocycles. The van der Waals surface area contributed by atoms with E-state index in [4.69, 9.17) is 14.2 Å². The highest BCUT2D eigenvalue weighted by molar-refractivity contribution is 5.90. The van der Waals surface area contributed by atoms with E-state index in [1.54, 1.807) is 14.1 Å². The fourth-order valence-corrected chi connectivity index (χ4v) is 8.24. The molecule has 0 saturated heterocycles. The molecular formula is C35H44N2O6. The van der Waals surface area contributed by atoms with Crippen LogP contribution in [-0.2, 0) is 32.1 Å². The highest BCUT2D eigenvalue weighted by atomic mass is 16.6. The van der Waals surface area contributed by atoms with Crippen molar-refractivity contribution in [3.63, 3.8) is 0 Å². The topological polar surface area (TPSA) is 85.4 Å². The zero-order chi connectivity index (χ0) is 30.7. The van der Waals surface area contributed by atoms with E-state index in [1.165, 1.54) is 9.80 Å². The number of hydrogen-bond donors (Lipinski definition) is 0. The molecule has 5 aliphatic carbocycles. The van der Waals surface area contributed by atoms with Crippen LogP contribution in [0.3, 0.4) is 0 Å². The lowest BCUT2D eigenvalue weighted by Crippen LogP contribution is -2.73. The number of esters is 1. The van der Waals surface area contributed by atoms with Gasteiger partial charge in [0.1, 0.15) is 35.6 Å². The number of carbonyl (C=O) groups excluding carboxylic acids is 3. The SMILES string of the molecule is Cc1ccc2cc1OC13CC4CC(C1)(C3)[C@H]4C[C@H](N(C)C(=O)OC(C)(C)C)C(=O)N(C)[C@H](C(=O)OCc1ccccc1)C2. The fourth-order valence-electron chi connectivity index (χ4n) is 8.24. The Bertz CT molecular complexity index is 1400. The molecule has 230 valence electrons. The summed E-state index contributed by atoms with van der Waals surface area (Å²) in [6, 6.07) is 13.9. The predicted molar refractivity (Wildman–Crippen MR) is 161 cm³/mol. The van der Waals surface area contributed by atoms with Crippen molar-refractivity contribution in [3.8, 4) is 5.75 Å². The van der Waals surface area contributed by atoms with Gasteiger partial charge in [0.2, 0.25) is 5.91 Å². The van der Waals surface area contributed by atoms with Crippen LogP contribution in [-0.4, -0.2) is 65.2 Å². The normalized spacial score (nSPS) is 31.1. The van der Waals surface area contributed by atoms with Crippen LogP contribution in [0.1, 0.15) is 69.6 Å². The van der Waals surface area contributed by atoms with Crippen LogP contribution in [0.15, 0.2) is 48.5 Å². The van der Waals surface area contributed by atoms with Crippen molar-refractivity contribution in [2.24, 2.45) is 17.3 Å². The summed E-state index contributed by atoms with van der Waals surface area (Å²) in [5, 5.41) is 0. The first-order valence-electron chi connectivity index (χ1n) is 15.5. The molecule has 0 radical (unpaired) electrons. The summed E-state index contributed by atoms with van der Waals surface area (Å²) in [7, 11) is 3.29. The molecule has 10 rings (SSSR count). The standard InChI is InChI=1S/C35H44N2O6/c1-22-12-13-24-14-28(31(39)41-19-23-10-8-7-9-11-23)36(5)30(38)27(37(6)32(40)43-33(2,3)4)16-26-25-17-34(26)20-35(18-25,21-34)42-29(22)15-24/h7-13,15,25-28H,14,16-21H2,1-6H3/t25?,26-,27-,28-,34?,35?/m0/s1. The van der Waals surface area contributed by atoms with Crippen molar-refractivity contribution in [2.45, 2.75) is 96.1 Å². The highest BCUT2D eigenvalue weighted by Gasteiger charge is 2.73. The lowest BCUT2D eigenvalue weighted by atomic mass is 9.32. The molecule has 3 heterocycles. The molecule has 0 N–H and O–H groups in total. The van der Waals surface area contributed by atoms with Crippen LogP contribution in [0, 0.1) is 24.2 Å². The van der Waals surface area contributed by atoms with E-state index in [2.05, 4.69) is 6.92 Å². The van der Waals surface area contributed by atoms with Crippen LogP contribution in [0.25, 0.3) is 0 Å². The van der Waals surface area contributed by atoms with Crippen molar-refractivity contribution in [2.75, 3.05) is 14.1 Å². The van der Waals surface area contributed by atoms with Gasteiger partial charge in [0.25, 0.3) is 0 Å². The minimum Gasteiger partial charge on any atom is -0.487 e. The molecule has 8 nitrogen and oxygen atoms in total. The van der Waals surface area contributed by atoms with Crippen molar-refractivity contribution in [1.29, 1.82) is 0 Å². The molecule has 4 atom stereocenters. The lowest BCUT2D eigenvalue weighted by Gasteiger charge is -2.75. The number of ether oxygens (including phenoxy) is 3. The zero-order valence-corrected chi connectivity index (χ0v) is 26.2. The minimum atomic E-state index is -0.887. The third-order valence-corrected chi connectivity index (χ3v) is 10.2. The number of hydrogen-bond acceptors (Lipinski definition) is 6. The maximum atomic E-state index is 14.4. The number of carbonyl (C=O) groups is 3. The summed E-state index contributed by atoms with van der Waals surface area (Å²) in [4.78, 5) is 44.4. The van der Waals surface area contributed by atoms with Crippen LogP contribution >= 0.6 is 0 Å². The lowest BCUT2D eigenvalue weighted by molar-refractivity contribution is -0.282. The first-order chi connectivity index (χ1) is 20.3. The van der Waals surface area contributed by atoms with Crippen molar-refractivity contribution in [1.82, 2.24) is 9.80 Å². The smallest absolute Gasteiger partial charge is 0.410 e. The molecule has 43 heavy (non-hydrogen) atoms. The quantitative estimate of drug-likeness (QED) is 0.427. The third kappa shape index (κ3) is 5.49. The minimum absolute atomic E-state index is 0.108. The largest absolute Gasteiger partial charge is 0.487 e. The van der Waals surface area contributed by atoms with Crippen molar-refractivity contribution >= 4 is 18.0 Å². The van der Waals surface area contributed by atoms with Crippen LogP contribution < -0.4 is 4.74 Å². The van der Waals surface area contributed by atoms with E-state index in [0.29, 0.717) is 18.3 Å². The third-order valence-electron chi connectivity index (χ3n) is 10.2. The maximum absolute atomic E-state index is 14.4. The first-order valence-corrected chi connectivity index (χ1v) is 15.5. The number of rotatable bonds is 4. The van der Waals surface area contributed by atoms with E-state index in [0.717, 1.165) is 48.1 Å². The highest BCUT2D eigenvalue weighted by Crippen LogP contribution is 2.76. The Kier molecular flexibility index (Phi) is 7.25. The summed E-state index contributed by atoms with van der Waals surface area (Å²) in [5.41, 5.74) is 2.08. The Hall–Kier alpha value is -3.55. The van der Waals surface area contributed by atoms with Gasteiger partial charge in [-0.2, -0.15) is 0 Å². The Morgan fingerprint density at radius 2 is 1.81 bits per heavy atom. The maximum Gasteiger partial charge on any atom is 0.410 e. The van der Waals surface area contributed by atoms with Crippen LogP contribution in [0.2, 0.25) is 0 Å². The van der Waals surface area contributed by atoms with E-state index in [9.17, 15) is 14.4 Å². The van der Waals surface area contributed by atoms with E-state index < -0.39 is 29.7 Å². The summed E-state index contributed by atoms with van der Waals surface area (Å²) >= 11 is 0. The van der Waals surface area contributed by atoms with E-state index in [1.807, 2.05) is 69.3 Å². The van der Waals surface area contributed by atoms with Gasteiger partial charge < -0.3 is 19.1 Å². The predicted octanol–water partition coefficient (Wildman–Crippen LogP) is 5.68. The van der Waals surface area contributed by atoms with Crippen LogP contribution in [0.5, 0.6) is 5.75 Å². The second kappa shape index (κ2) is 10.6. The molecule has 6 bridgehead atoms. The second-order valence-electron chi connectivity index (χ2n) is 14.5. The summed E-state index contributed by atoms with van der Waals surface area (Å²) in [5.74, 6) is 0.841. The van der Waals surface area contributed by atoms with Gasteiger partial charge >= 0.3 is 12.1 Å². The fraction of sp³-hybridized carbons (Fsp3) is 0.571. The molecule has 2 amide bonds. The molecular weight excluding hydrogens is 544 g/mol. The van der Waals surface area contributed by atoms with Gasteiger partial charge in [-0.05, 0) is 99.8 Å². The zero-order valence-electron chi connectivity index (χ0n) is 26.2. The Morgan fingerprint density at radius 1 is 1.09 bits per heavy atom. The van der Waals surface area contributed by atoms with Gasteiger partial charge in [0, 0.05) is 20.5 Å². The first kappa shape index (κ1) is 29.5. The van der Waals surface area contributed by atoms with Gasteiger partial charge in [0.15, 0.2) is 0 Å². The molecule has 8 heteroatoms. The van der Waals surface area contributed by atoms with Gasteiger partial charge in [-0.25, -0.2) is 9.59 Å². The number of likely N-dealkylation sites (N-methyl/N-ethyl adjacent to an activating group) is 2. The van der Waals surface area contributed by atoms with E-state index in [-0.39, 0.29) is 30.0 Å².